The number of hydrogen-bond donors (Lipinski definition) is 1. The number of nitrogens with zero attached hydrogens (tertiary/aromatic N) is 1. The third kappa shape index (κ3) is 3.03. The van der Waals surface area contributed by atoms with Crippen molar-refractivity contribution >= 4 is 17.0 Å². The first-order chi connectivity index (χ1) is 10.6. The number of carbonyl (C=O) groups excluding carboxylic acids is 1. The van der Waals surface area contributed by atoms with Gasteiger partial charge in [0.2, 0.25) is 0 Å². The number of fused-ring (bicyclic) bond motifs is 1. The SMILES string of the molecule is C=CCc1c(OC(=O)N(CC)CC)c2ccccc2[nH]c1=O. The van der Waals surface area contributed by atoms with Crippen LogP contribution in [0.3, 0.4) is 0 Å². The Labute approximate surface area is 129 Å². The first kappa shape index (κ1) is 15.8. The van der Waals surface area contributed by atoms with E-state index in [2.05, 4.69) is 11.6 Å². The van der Waals surface area contributed by atoms with Gasteiger partial charge >= 0.3 is 6.09 Å². The molecule has 0 aliphatic carbocycles. The molecule has 0 bridgehead atoms. The fraction of sp³-hybridized carbons (Fsp3) is 0.294. The molecule has 1 aromatic heterocycles. The van der Waals surface area contributed by atoms with Gasteiger partial charge in [0, 0.05) is 18.5 Å². The fourth-order valence-electron chi connectivity index (χ4n) is 2.33. The Morgan fingerprint density at radius 1 is 1.32 bits per heavy atom. The standard InChI is InChI=1S/C17H20N2O3/c1-4-9-13-15(22-17(21)19(5-2)6-3)12-10-7-8-11-14(12)18-16(13)20/h4,7-8,10-11H,1,5-6,9H2,2-3H3,(H,18,20). The molecule has 0 spiro atoms. The van der Waals surface area contributed by atoms with Gasteiger partial charge in [0.1, 0.15) is 0 Å². The van der Waals surface area contributed by atoms with Crippen LogP contribution in [0.4, 0.5) is 4.79 Å². The van der Waals surface area contributed by atoms with Crippen molar-refractivity contribution in [3.05, 3.63) is 52.8 Å². The van der Waals surface area contributed by atoms with Crippen molar-refractivity contribution in [2.24, 2.45) is 0 Å². The third-order valence-electron chi connectivity index (χ3n) is 3.53. The van der Waals surface area contributed by atoms with Crippen LogP contribution < -0.4 is 10.3 Å². The van der Waals surface area contributed by atoms with E-state index >= 15 is 0 Å². The highest BCUT2D eigenvalue weighted by molar-refractivity contribution is 5.88. The Morgan fingerprint density at radius 2 is 2.00 bits per heavy atom. The van der Waals surface area contributed by atoms with E-state index in [9.17, 15) is 9.59 Å². The lowest BCUT2D eigenvalue weighted by molar-refractivity contribution is 0.157. The molecule has 0 aliphatic heterocycles. The maximum Gasteiger partial charge on any atom is 0.415 e. The maximum atomic E-state index is 12.3. The van der Waals surface area contributed by atoms with Crippen LogP contribution in [-0.2, 0) is 6.42 Å². The topological polar surface area (TPSA) is 62.4 Å². The quantitative estimate of drug-likeness (QED) is 0.863. The number of H-pyrrole nitrogens is 1. The van der Waals surface area contributed by atoms with E-state index < -0.39 is 6.09 Å². The summed E-state index contributed by atoms with van der Waals surface area (Å²) in [5.41, 5.74) is 0.790. The molecule has 116 valence electrons. The van der Waals surface area contributed by atoms with Crippen molar-refractivity contribution < 1.29 is 9.53 Å². The van der Waals surface area contributed by atoms with Gasteiger partial charge in [0.05, 0.1) is 11.1 Å². The van der Waals surface area contributed by atoms with Crippen molar-refractivity contribution in [1.29, 1.82) is 0 Å². The molecular formula is C17H20N2O3. The van der Waals surface area contributed by atoms with E-state index in [0.717, 1.165) is 0 Å². The van der Waals surface area contributed by atoms with Gasteiger partial charge < -0.3 is 14.6 Å². The number of aromatic nitrogens is 1. The molecule has 0 aliphatic rings. The Hall–Kier alpha value is -2.56. The smallest absolute Gasteiger partial charge is 0.409 e. The highest BCUT2D eigenvalue weighted by atomic mass is 16.6. The Kier molecular flexibility index (Phi) is 4.99. The summed E-state index contributed by atoms with van der Waals surface area (Å²) in [6.45, 7) is 8.52. The Balaban J connectivity index is 2.58. The predicted octanol–water partition coefficient (Wildman–Crippen LogP) is 3.10. The summed E-state index contributed by atoms with van der Waals surface area (Å²) in [5, 5.41) is 0.708. The van der Waals surface area contributed by atoms with E-state index in [1.54, 1.807) is 17.0 Å². The van der Waals surface area contributed by atoms with Crippen LogP contribution in [0, 0.1) is 0 Å². The van der Waals surface area contributed by atoms with Gasteiger partial charge in [-0.3, -0.25) is 4.79 Å². The monoisotopic (exact) mass is 300 g/mol. The third-order valence-corrected chi connectivity index (χ3v) is 3.53. The number of benzene rings is 1. The van der Waals surface area contributed by atoms with Gasteiger partial charge in [-0.2, -0.15) is 0 Å². The van der Waals surface area contributed by atoms with Crippen molar-refractivity contribution in [1.82, 2.24) is 9.88 Å². The fourth-order valence-corrected chi connectivity index (χ4v) is 2.33. The van der Waals surface area contributed by atoms with Crippen molar-refractivity contribution in [3.63, 3.8) is 0 Å². The molecule has 0 atom stereocenters. The molecule has 0 saturated heterocycles. The zero-order chi connectivity index (χ0) is 16.1. The first-order valence-electron chi connectivity index (χ1n) is 7.33. The summed E-state index contributed by atoms with van der Waals surface area (Å²) >= 11 is 0. The number of carbonyl (C=O) groups is 1. The Bertz CT molecular complexity index is 745. The molecule has 0 unspecified atom stereocenters. The van der Waals surface area contributed by atoms with E-state index in [1.165, 1.54) is 0 Å². The average Bonchev–Trinajstić information content (AvgIpc) is 2.52. The largest absolute Gasteiger partial charge is 0.415 e. The molecule has 2 aromatic rings. The molecule has 5 nitrogen and oxygen atoms in total. The summed E-state index contributed by atoms with van der Waals surface area (Å²) in [4.78, 5) is 28.8. The van der Waals surface area contributed by atoms with Crippen LogP contribution in [0.15, 0.2) is 41.7 Å². The minimum atomic E-state index is -0.453. The highest BCUT2D eigenvalue weighted by Crippen LogP contribution is 2.27. The number of aromatic amines is 1. The minimum Gasteiger partial charge on any atom is -0.409 e. The molecule has 1 N–H and O–H groups in total. The molecule has 1 amide bonds. The summed E-state index contributed by atoms with van der Waals surface area (Å²) in [6, 6.07) is 7.26. The average molecular weight is 300 g/mol. The highest BCUT2D eigenvalue weighted by Gasteiger charge is 2.19. The molecule has 1 heterocycles. The summed E-state index contributed by atoms with van der Waals surface area (Å²) < 4.78 is 5.56. The van der Waals surface area contributed by atoms with Gasteiger partial charge in [0.25, 0.3) is 5.56 Å². The lowest BCUT2D eigenvalue weighted by Crippen LogP contribution is -2.33. The second-order valence-electron chi connectivity index (χ2n) is 4.84. The lowest BCUT2D eigenvalue weighted by atomic mass is 10.1. The van der Waals surface area contributed by atoms with Crippen LogP contribution in [0.25, 0.3) is 10.9 Å². The lowest BCUT2D eigenvalue weighted by Gasteiger charge is -2.19. The van der Waals surface area contributed by atoms with Gasteiger partial charge in [-0.05, 0) is 32.4 Å². The number of nitrogens with one attached hydrogen (secondary N) is 1. The maximum absolute atomic E-state index is 12.3. The summed E-state index contributed by atoms with van der Waals surface area (Å²) in [5.74, 6) is 0.316. The van der Waals surface area contributed by atoms with Crippen molar-refractivity contribution in [2.45, 2.75) is 20.3 Å². The number of amides is 1. The van der Waals surface area contributed by atoms with Crippen molar-refractivity contribution in [2.75, 3.05) is 13.1 Å². The number of rotatable bonds is 5. The molecule has 0 saturated carbocycles. The number of ether oxygens (including phenoxy) is 1. The zero-order valence-electron chi connectivity index (χ0n) is 12.9. The number of hydrogen-bond acceptors (Lipinski definition) is 3. The van der Waals surface area contributed by atoms with Gasteiger partial charge in [-0.15, -0.1) is 6.58 Å². The van der Waals surface area contributed by atoms with Gasteiger partial charge in [0.15, 0.2) is 5.75 Å². The second-order valence-corrected chi connectivity index (χ2v) is 4.84. The van der Waals surface area contributed by atoms with Crippen molar-refractivity contribution in [3.8, 4) is 5.75 Å². The van der Waals surface area contributed by atoms with Gasteiger partial charge in [-0.1, -0.05) is 18.2 Å². The molecule has 0 fully saturated rings. The van der Waals surface area contributed by atoms with Crippen LogP contribution in [-0.4, -0.2) is 29.1 Å². The molecule has 0 radical (unpaired) electrons. The van der Waals surface area contributed by atoms with Crippen LogP contribution in [0.2, 0.25) is 0 Å². The van der Waals surface area contributed by atoms with Crippen LogP contribution in [0.1, 0.15) is 19.4 Å². The first-order valence-corrected chi connectivity index (χ1v) is 7.33. The summed E-state index contributed by atoms with van der Waals surface area (Å²) in [6.07, 6.45) is 1.50. The molecule has 5 heteroatoms. The number of pyridine rings is 1. The predicted molar refractivity (Wildman–Crippen MR) is 87.4 cm³/mol. The van der Waals surface area contributed by atoms with E-state index in [0.29, 0.717) is 41.7 Å². The molecule has 22 heavy (non-hydrogen) atoms. The van der Waals surface area contributed by atoms with E-state index in [1.807, 2.05) is 32.0 Å². The normalized spacial score (nSPS) is 10.5. The molecule has 1 aromatic carbocycles. The summed E-state index contributed by atoms with van der Waals surface area (Å²) in [7, 11) is 0. The molecular weight excluding hydrogens is 280 g/mol. The number of allylic oxidation sites excluding steroid dienone is 1. The van der Waals surface area contributed by atoms with E-state index in [4.69, 9.17) is 4.74 Å². The van der Waals surface area contributed by atoms with E-state index in [-0.39, 0.29) is 5.56 Å². The zero-order valence-corrected chi connectivity index (χ0v) is 12.9. The molecule has 2 rings (SSSR count). The second kappa shape index (κ2) is 6.93. The van der Waals surface area contributed by atoms with Crippen LogP contribution in [0.5, 0.6) is 5.75 Å². The Morgan fingerprint density at radius 3 is 2.64 bits per heavy atom. The van der Waals surface area contributed by atoms with Gasteiger partial charge in [-0.25, -0.2) is 4.79 Å². The number of para-hydroxylation sites is 1. The minimum absolute atomic E-state index is 0.263. The van der Waals surface area contributed by atoms with Crippen LogP contribution >= 0.6 is 0 Å².